The molecule has 1 N–H and O–H groups in total. The number of hydrogen-bond acceptors (Lipinski definition) is 5. The summed E-state index contributed by atoms with van der Waals surface area (Å²) in [4.78, 5) is 31.5. The van der Waals surface area contributed by atoms with E-state index in [2.05, 4.69) is 10.3 Å². The normalized spacial score (nSPS) is 21.0. The maximum Gasteiger partial charge on any atom is 0.231 e. The van der Waals surface area contributed by atoms with Gasteiger partial charge in [-0.15, -0.1) is 0 Å². The van der Waals surface area contributed by atoms with Crippen molar-refractivity contribution in [1.29, 1.82) is 0 Å². The van der Waals surface area contributed by atoms with Gasteiger partial charge in [-0.3, -0.25) is 9.59 Å². The van der Waals surface area contributed by atoms with Crippen LogP contribution in [0.15, 0.2) is 18.2 Å². The Kier molecular flexibility index (Phi) is 5.29. The number of nitrogens with one attached hydrogen (secondary N) is 1. The van der Waals surface area contributed by atoms with E-state index in [1.165, 1.54) is 30.6 Å². The van der Waals surface area contributed by atoms with Crippen molar-refractivity contribution in [3.8, 4) is 5.75 Å². The molecule has 27 heavy (non-hydrogen) atoms. The van der Waals surface area contributed by atoms with Crippen molar-refractivity contribution in [2.75, 3.05) is 18.5 Å². The molecule has 1 unspecified atom stereocenters. The van der Waals surface area contributed by atoms with Crippen LogP contribution in [0.25, 0.3) is 10.2 Å². The third-order valence-electron chi connectivity index (χ3n) is 5.45. The third-order valence-corrected chi connectivity index (χ3v) is 6.38. The molecule has 144 valence electrons. The largest absolute Gasteiger partial charge is 0.494 e. The molecule has 2 aromatic rings. The van der Waals surface area contributed by atoms with Gasteiger partial charge in [-0.25, -0.2) is 4.98 Å². The van der Waals surface area contributed by atoms with Crippen LogP contribution < -0.4 is 10.1 Å². The van der Waals surface area contributed by atoms with Gasteiger partial charge in [-0.2, -0.15) is 0 Å². The van der Waals surface area contributed by atoms with E-state index in [0.29, 0.717) is 30.7 Å². The number of hydrogen-bond donors (Lipinski definition) is 1. The van der Waals surface area contributed by atoms with Gasteiger partial charge >= 0.3 is 0 Å². The Hall–Kier alpha value is -2.15. The second kappa shape index (κ2) is 7.84. The van der Waals surface area contributed by atoms with Gasteiger partial charge in [0.05, 0.1) is 22.7 Å². The molecule has 4 rings (SSSR count). The highest BCUT2D eigenvalue weighted by molar-refractivity contribution is 7.22. The molecular weight excluding hydrogens is 362 g/mol. The van der Waals surface area contributed by atoms with Crippen molar-refractivity contribution < 1.29 is 14.3 Å². The predicted octanol–water partition coefficient (Wildman–Crippen LogP) is 3.81. The highest BCUT2D eigenvalue weighted by Gasteiger charge is 2.38. The minimum atomic E-state index is -0.287. The highest BCUT2D eigenvalue weighted by Crippen LogP contribution is 2.32. The first-order valence-corrected chi connectivity index (χ1v) is 10.6. The standard InChI is InChI=1S/C20H25N3O3S/c1-2-26-15-8-9-16-17(11-15)27-20(21-16)22-19(25)13-10-18(24)23(12-13)14-6-4-3-5-7-14/h8-9,11,13-14H,2-7,10,12H2,1H3,(H,21,22,25). The zero-order valence-electron chi connectivity index (χ0n) is 15.6. The van der Waals surface area contributed by atoms with Gasteiger partial charge in [0.2, 0.25) is 11.8 Å². The van der Waals surface area contributed by atoms with Gasteiger partial charge in [-0.1, -0.05) is 30.6 Å². The Bertz CT molecular complexity index is 844. The van der Waals surface area contributed by atoms with E-state index in [4.69, 9.17) is 4.74 Å². The van der Waals surface area contributed by atoms with E-state index >= 15 is 0 Å². The van der Waals surface area contributed by atoms with Crippen LogP contribution in [-0.4, -0.2) is 40.9 Å². The fraction of sp³-hybridized carbons (Fsp3) is 0.550. The van der Waals surface area contributed by atoms with Gasteiger partial charge < -0.3 is 15.0 Å². The highest BCUT2D eigenvalue weighted by atomic mass is 32.1. The number of fused-ring (bicyclic) bond motifs is 1. The Morgan fingerprint density at radius 3 is 2.93 bits per heavy atom. The smallest absolute Gasteiger partial charge is 0.231 e. The van der Waals surface area contributed by atoms with Crippen LogP contribution in [0.2, 0.25) is 0 Å². The lowest BCUT2D eigenvalue weighted by molar-refractivity contribution is -0.130. The number of thiazole rings is 1. The summed E-state index contributed by atoms with van der Waals surface area (Å²) in [7, 11) is 0. The van der Waals surface area contributed by atoms with Crippen molar-refractivity contribution >= 4 is 38.5 Å². The van der Waals surface area contributed by atoms with Gasteiger partial charge in [-0.05, 0) is 38.0 Å². The molecule has 2 aliphatic rings. The van der Waals surface area contributed by atoms with Crippen LogP contribution in [0.1, 0.15) is 45.4 Å². The Morgan fingerprint density at radius 2 is 2.15 bits per heavy atom. The average molecular weight is 388 g/mol. The number of benzene rings is 1. The fourth-order valence-electron chi connectivity index (χ4n) is 4.08. The van der Waals surface area contributed by atoms with E-state index in [9.17, 15) is 9.59 Å². The van der Waals surface area contributed by atoms with Gasteiger partial charge in [0.15, 0.2) is 5.13 Å². The third kappa shape index (κ3) is 3.93. The first kappa shape index (κ1) is 18.2. The van der Waals surface area contributed by atoms with Crippen LogP contribution in [0.4, 0.5) is 5.13 Å². The zero-order valence-corrected chi connectivity index (χ0v) is 16.4. The van der Waals surface area contributed by atoms with E-state index < -0.39 is 0 Å². The number of ether oxygens (including phenoxy) is 1. The molecule has 1 saturated heterocycles. The first-order chi connectivity index (χ1) is 13.1. The zero-order chi connectivity index (χ0) is 18.8. The monoisotopic (exact) mass is 387 g/mol. The van der Waals surface area contributed by atoms with Gasteiger partial charge in [0.25, 0.3) is 0 Å². The number of rotatable bonds is 5. The fourth-order valence-corrected chi connectivity index (χ4v) is 4.97. The van der Waals surface area contributed by atoms with Crippen molar-refractivity contribution in [3.63, 3.8) is 0 Å². The lowest BCUT2D eigenvalue weighted by Crippen LogP contribution is -2.38. The Morgan fingerprint density at radius 1 is 1.33 bits per heavy atom. The van der Waals surface area contributed by atoms with Crippen LogP contribution in [0, 0.1) is 5.92 Å². The summed E-state index contributed by atoms with van der Waals surface area (Å²) in [5, 5.41) is 3.49. The van der Waals surface area contributed by atoms with E-state index in [1.54, 1.807) is 0 Å². The second-order valence-corrected chi connectivity index (χ2v) is 8.34. The van der Waals surface area contributed by atoms with E-state index in [1.807, 2.05) is 30.0 Å². The molecule has 1 aliphatic heterocycles. The summed E-state index contributed by atoms with van der Waals surface area (Å²) in [6.07, 6.45) is 6.06. The van der Waals surface area contributed by atoms with Crippen molar-refractivity contribution in [1.82, 2.24) is 9.88 Å². The molecule has 1 atom stereocenters. The number of carbonyl (C=O) groups is 2. The quantitative estimate of drug-likeness (QED) is 0.847. The molecule has 2 heterocycles. The summed E-state index contributed by atoms with van der Waals surface area (Å²) in [5.41, 5.74) is 0.838. The molecule has 1 aliphatic carbocycles. The molecule has 2 amide bonds. The molecule has 1 saturated carbocycles. The molecule has 2 fully saturated rings. The van der Waals surface area contributed by atoms with E-state index in [0.717, 1.165) is 28.8 Å². The molecule has 0 radical (unpaired) electrons. The van der Waals surface area contributed by atoms with Crippen LogP contribution in [0.5, 0.6) is 5.75 Å². The molecule has 0 spiro atoms. The topological polar surface area (TPSA) is 71.5 Å². The minimum absolute atomic E-state index is 0.106. The number of amides is 2. The summed E-state index contributed by atoms with van der Waals surface area (Å²) < 4.78 is 6.49. The lowest BCUT2D eigenvalue weighted by Gasteiger charge is -2.31. The summed E-state index contributed by atoms with van der Waals surface area (Å²) in [6, 6.07) is 6.05. The average Bonchev–Trinajstić information content (AvgIpc) is 3.25. The number of likely N-dealkylation sites (tertiary alicyclic amines) is 1. The Labute approximate surface area is 162 Å². The van der Waals surface area contributed by atoms with Crippen LogP contribution in [0.3, 0.4) is 0 Å². The minimum Gasteiger partial charge on any atom is -0.494 e. The van der Waals surface area contributed by atoms with Crippen molar-refractivity contribution in [2.24, 2.45) is 5.92 Å². The number of carbonyl (C=O) groups excluding carboxylic acids is 2. The molecule has 7 heteroatoms. The summed E-state index contributed by atoms with van der Waals surface area (Å²) in [5.74, 6) is 0.528. The molecule has 1 aromatic heterocycles. The second-order valence-electron chi connectivity index (χ2n) is 7.31. The number of nitrogens with zero attached hydrogens (tertiary/aromatic N) is 2. The van der Waals surface area contributed by atoms with Crippen LogP contribution >= 0.6 is 11.3 Å². The molecule has 0 bridgehead atoms. The maximum absolute atomic E-state index is 12.7. The van der Waals surface area contributed by atoms with Crippen molar-refractivity contribution in [3.05, 3.63) is 18.2 Å². The number of aromatic nitrogens is 1. The molecule has 1 aromatic carbocycles. The predicted molar refractivity (Wildman–Crippen MR) is 106 cm³/mol. The van der Waals surface area contributed by atoms with Crippen LogP contribution in [-0.2, 0) is 9.59 Å². The summed E-state index contributed by atoms with van der Waals surface area (Å²) >= 11 is 1.43. The maximum atomic E-state index is 12.7. The lowest BCUT2D eigenvalue weighted by atomic mass is 9.94. The Balaban J connectivity index is 1.41. The first-order valence-electron chi connectivity index (χ1n) is 9.77. The SMILES string of the molecule is CCOc1ccc2nc(NC(=O)C3CC(=O)N(C4CCCCC4)C3)sc2c1. The van der Waals surface area contributed by atoms with Crippen molar-refractivity contribution in [2.45, 2.75) is 51.5 Å². The van der Waals surface area contributed by atoms with Gasteiger partial charge in [0.1, 0.15) is 5.75 Å². The van der Waals surface area contributed by atoms with E-state index in [-0.39, 0.29) is 17.7 Å². The molecule has 6 nitrogen and oxygen atoms in total. The molecular formula is C20H25N3O3S. The number of anilines is 1. The summed E-state index contributed by atoms with van der Waals surface area (Å²) in [6.45, 7) is 3.10. The van der Waals surface area contributed by atoms with Gasteiger partial charge in [0, 0.05) is 19.0 Å².